The Morgan fingerprint density at radius 3 is 2.39 bits per heavy atom. The fourth-order valence-corrected chi connectivity index (χ4v) is 11.5. The van der Waals surface area contributed by atoms with Crippen LogP contribution in [0.15, 0.2) is 54.6 Å². The number of hydrogen-bond donors (Lipinski definition) is 3. The zero-order valence-electron chi connectivity index (χ0n) is 26.5. The Kier molecular flexibility index (Phi) is 6.73. The third-order valence-corrected chi connectivity index (χ3v) is 12.9. The number of carbonyl (C=O) groups excluding carboxylic acids is 2. The van der Waals surface area contributed by atoms with E-state index in [1.54, 1.807) is 69.9 Å². The lowest BCUT2D eigenvalue weighted by Gasteiger charge is -2.64. The molecule has 46 heavy (non-hydrogen) atoms. The number of ether oxygens (including phenoxy) is 5. The number of methoxy groups -OCH3 is 3. The molecular formula is C35H42N2O9. The van der Waals surface area contributed by atoms with Gasteiger partial charge in [0.05, 0.1) is 35.1 Å². The molecule has 6 aliphatic rings. The van der Waals surface area contributed by atoms with Crippen molar-refractivity contribution >= 4 is 17.7 Å². The summed E-state index contributed by atoms with van der Waals surface area (Å²) >= 11 is 0. The Morgan fingerprint density at radius 2 is 1.67 bits per heavy atom. The summed E-state index contributed by atoms with van der Waals surface area (Å²) in [6, 6.07) is 14.8. The van der Waals surface area contributed by atoms with Gasteiger partial charge in [-0.15, -0.1) is 0 Å². The lowest BCUT2D eigenvalue weighted by Crippen LogP contribution is -2.82. The second-order valence-electron chi connectivity index (χ2n) is 14.1. The molecule has 246 valence electrons. The van der Waals surface area contributed by atoms with E-state index in [0.29, 0.717) is 37.9 Å². The first-order valence-corrected chi connectivity index (χ1v) is 16.3. The zero-order valence-corrected chi connectivity index (χ0v) is 26.5. The van der Waals surface area contributed by atoms with Crippen LogP contribution in [0.1, 0.15) is 49.4 Å². The van der Waals surface area contributed by atoms with Crippen LogP contribution in [-0.2, 0) is 18.9 Å². The Labute approximate surface area is 268 Å². The molecule has 2 aromatic rings. The summed E-state index contributed by atoms with van der Waals surface area (Å²) in [4.78, 5) is 29.3. The van der Waals surface area contributed by atoms with Gasteiger partial charge in [-0.1, -0.05) is 30.3 Å². The molecule has 3 aliphatic carbocycles. The number of hydrogen-bond acceptors (Lipinski definition) is 10. The predicted molar refractivity (Wildman–Crippen MR) is 164 cm³/mol. The molecule has 3 aliphatic heterocycles. The van der Waals surface area contributed by atoms with Crippen molar-refractivity contribution in [2.24, 2.45) is 17.8 Å². The molecule has 0 aromatic heterocycles. The van der Waals surface area contributed by atoms with Crippen LogP contribution in [0, 0.1) is 17.8 Å². The molecule has 6 fully saturated rings. The third kappa shape index (κ3) is 3.48. The quantitative estimate of drug-likeness (QED) is 0.389. The van der Waals surface area contributed by atoms with Crippen LogP contribution in [0.2, 0.25) is 0 Å². The summed E-state index contributed by atoms with van der Waals surface area (Å²) < 4.78 is 30.3. The molecule has 11 heteroatoms. The summed E-state index contributed by atoms with van der Waals surface area (Å²) in [5.74, 6) is -0.858. The summed E-state index contributed by atoms with van der Waals surface area (Å²) in [6.07, 6.45) is 0.826. The number of aliphatic hydroxyl groups is 2. The summed E-state index contributed by atoms with van der Waals surface area (Å²) in [6.45, 7) is 2.07. The second-order valence-corrected chi connectivity index (χ2v) is 14.1. The van der Waals surface area contributed by atoms with Crippen molar-refractivity contribution in [1.29, 1.82) is 0 Å². The van der Waals surface area contributed by atoms with Crippen LogP contribution in [-0.4, -0.2) is 101 Å². The maximum Gasteiger partial charge on any atom is 0.417 e. The number of rotatable bonds is 7. The molecule has 6 unspecified atom stereocenters. The molecule has 11 nitrogen and oxygen atoms in total. The van der Waals surface area contributed by atoms with Crippen molar-refractivity contribution in [1.82, 2.24) is 4.90 Å². The van der Waals surface area contributed by atoms with Gasteiger partial charge >= 0.3 is 12.1 Å². The Bertz CT molecular complexity index is 1560. The molecule has 8 rings (SSSR count). The maximum atomic E-state index is 14.2. The van der Waals surface area contributed by atoms with Crippen LogP contribution < -0.4 is 10.1 Å². The fourth-order valence-electron chi connectivity index (χ4n) is 11.5. The molecule has 0 radical (unpaired) electrons. The molecule has 1 spiro atoms. The molecule has 13 atom stereocenters. The van der Waals surface area contributed by atoms with E-state index in [9.17, 15) is 19.8 Å². The third-order valence-electron chi connectivity index (χ3n) is 12.9. The van der Waals surface area contributed by atoms with E-state index in [4.69, 9.17) is 23.7 Å². The van der Waals surface area contributed by atoms with Crippen molar-refractivity contribution < 1.29 is 43.5 Å². The number of para-hydroxylation sites is 2. The Morgan fingerprint density at radius 1 is 0.935 bits per heavy atom. The monoisotopic (exact) mass is 634 g/mol. The van der Waals surface area contributed by atoms with Gasteiger partial charge in [-0.2, -0.15) is 0 Å². The number of anilines is 1. The van der Waals surface area contributed by atoms with E-state index < -0.39 is 46.6 Å². The number of esters is 1. The highest BCUT2D eigenvalue weighted by molar-refractivity contribution is 6.00. The maximum absolute atomic E-state index is 14.2. The topological polar surface area (TPSA) is 136 Å². The molecule has 3 saturated heterocycles. The molecule has 3 N–H and O–H groups in total. The van der Waals surface area contributed by atoms with E-state index >= 15 is 0 Å². The van der Waals surface area contributed by atoms with E-state index in [1.165, 1.54) is 0 Å². The minimum Gasteiger partial charge on any atom is -0.453 e. The van der Waals surface area contributed by atoms with Gasteiger partial charge in [0.1, 0.15) is 22.6 Å². The second kappa shape index (κ2) is 10.2. The lowest BCUT2D eigenvalue weighted by molar-refractivity contribution is -0.314. The van der Waals surface area contributed by atoms with Crippen molar-refractivity contribution in [2.45, 2.75) is 91.8 Å². The van der Waals surface area contributed by atoms with Crippen molar-refractivity contribution in [3.63, 3.8) is 0 Å². The molecular weight excluding hydrogens is 592 g/mol. The lowest BCUT2D eigenvalue weighted by atomic mass is 9.56. The summed E-state index contributed by atoms with van der Waals surface area (Å²) in [7, 11) is 4.98. The highest BCUT2D eigenvalue weighted by Crippen LogP contribution is 2.77. The van der Waals surface area contributed by atoms with E-state index in [0.717, 1.165) is 0 Å². The first-order valence-electron chi connectivity index (χ1n) is 16.3. The Hall–Kier alpha value is -3.06. The largest absolute Gasteiger partial charge is 0.453 e. The van der Waals surface area contributed by atoms with Crippen LogP contribution >= 0.6 is 0 Å². The molecule has 2 aromatic carbocycles. The number of piperidine rings is 2. The number of nitrogens with one attached hydrogen (secondary N) is 1. The Balaban J connectivity index is 1.15. The van der Waals surface area contributed by atoms with Gasteiger partial charge in [0.15, 0.2) is 0 Å². The van der Waals surface area contributed by atoms with Crippen LogP contribution in [0.25, 0.3) is 0 Å². The minimum absolute atomic E-state index is 0.0973. The average molecular weight is 635 g/mol. The van der Waals surface area contributed by atoms with Gasteiger partial charge in [0.2, 0.25) is 0 Å². The first-order chi connectivity index (χ1) is 22.1. The SMILES string of the molecule is CO[C@H]1C[C@]2(O)C3CC4C5(OC(=O)c6ccccc6NC(=O)Oc6ccccc6)CC[C@H](OC)C4(C4C[C@H]1[C@H](OC)[C@@]42O)N3[C@H]5C. The highest BCUT2D eigenvalue weighted by atomic mass is 16.6. The van der Waals surface area contributed by atoms with E-state index in [1.807, 2.05) is 6.07 Å². The minimum atomic E-state index is -1.51. The van der Waals surface area contributed by atoms with E-state index in [-0.39, 0.29) is 47.3 Å². The van der Waals surface area contributed by atoms with Crippen LogP contribution in [0.3, 0.4) is 0 Å². The van der Waals surface area contributed by atoms with Gasteiger partial charge in [0.25, 0.3) is 0 Å². The van der Waals surface area contributed by atoms with Gasteiger partial charge in [-0.3, -0.25) is 10.2 Å². The number of carbonyl (C=O) groups is 2. The van der Waals surface area contributed by atoms with E-state index in [2.05, 4.69) is 17.1 Å². The van der Waals surface area contributed by atoms with Gasteiger partial charge in [-0.05, 0) is 56.9 Å². The number of nitrogens with zero attached hydrogens (tertiary/aromatic N) is 1. The van der Waals surface area contributed by atoms with Crippen molar-refractivity contribution in [3.05, 3.63) is 60.2 Å². The van der Waals surface area contributed by atoms with Crippen molar-refractivity contribution in [2.75, 3.05) is 26.6 Å². The molecule has 7 bridgehead atoms. The molecule has 3 saturated carbocycles. The number of benzene rings is 2. The van der Waals surface area contributed by atoms with Crippen molar-refractivity contribution in [3.8, 4) is 5.75 Å². The molecule has 1 amide bonds. The van der Waals surface area contributed by atoms with Crippen LogP contribution in [0.5, 0.6) is 5.75 Å². The first kappa shape index (κ1) is 30.3. The highest BCUT2D eigenvalue weighted by Gasteiger charge is 2.91. The summed E-state index contributed by atoms with van der Waals surface area (Å²) in [5.41, 5.74) is -4.06. The van der Waals surface area contributed by atoms with Gasteiger partial charge in [0, 0.05) is 57.6 Å². The average Bonchev–Trinajstić information content (AvgIpc) is 3.58. The summed E-state index contributed by atoms with van der Waals surface area (Å²) in [5, 5.41) is 28.2. The smallest absolute Gasteiger partial charge is 0.417 e. The van der Waals surface area contributed by atoms with Gasteiger partial charge < -0.3 is 33.9 Å². The zero-order chi connectivity index (χ0) is 32.2. The van der Waals surface area contributed by atoms with Gasteiger partial charge in [-0.25, -0.2) is 9.59 Å². The predicted octanol–water partition coefficient (Wildman–Crippen LogP) is 3.38. The fraction of sp³-hybridized carbons (Fsp3) is 0.600. The number of fused-ring (bicyclic) bond motifs is 2. The standard InChI is InChI=1S/C35H42N2O9/c1-19-32(46-30(38)21-12-8-9-13-23(21)36-31(39)45-20-10-6-5-7-11-20)15-14-28(43-3)34-25(32)17-27(37(19)34)33(40)18-24(42-2)22-16-26(34)35(33,41)29(22)44-4/h5-13,19,22,24-29,40-41H,14-18H2,1-4H3,(H,36,39)/t19-,22+,24-,25?,26?,27?,28-,29-,32?,33-,34?,35-/m0/s1. The molecule has 3 heterocycles. The normalized spacial score (nSPS) is 45.7. The number of amides is 1. The van der Waals surface area contributed by atoms with Crippen LogP contribution in [0.4, 0.5) is 10.5 Å².